The quantitative estimate of drug-likeness (QED) is 0.285. The van der Waals surface area contributed by atoms with Crippen molar-refractivity contribution >= 4 is 29.9 Å². The number of benzene rings is 1. The summed E-state index contributed by atoms with van der Waals surface area (Å²) >= 11 is 0. The third kappa shape index (κ3) is 6.51. The molecule has 0 heterocycles. The van der Waals surface area contributed by atoms with E-state index in [4.69, 9.17) is 9.73 Å². The van der Waals surface area contributed by atoms with E-state index in [0.29, 0.717) is 12.6 Å². The van der Waals surface area contributed by atoms with Gasteiger partial charge in [-0.15, -0.1) is 24.0 Å². The highest BCUT2D eigenvalue weighted by atomic mass is 127. The third-order valence-electron chi connectivity index (χ3n) is 4.24. The van der Waals surface area contributed by atoms with Gasteiger partial charge in [0, 0.05) is 18.2 Å². The van der Waals surface area contributed by atoms with Crippen LogP contribution in [0.5, 0.6) is 5.75 Å². The van der Waals surface area contributed by atoms with E-state index >= 15 is 0 Å². The predicted molar refractivity (Wildman–Crippen MR) is 116 cm³/mol. The lowest BCUT2D eigenvalue weighted by atomic mass is 10.0. The maximum Gasteiger partial charge on any atom is 0.191 e. The number of hydrogen-bond donors (Lipinski definition) is 2. The molecule has 0 fully saturated rings. The molecule has 1 aliphatic rings. The van der Waals surface area contributed by atoms with Gasteiger partial charge < -0.3 is 20.3 Å². The Bertz CT molecular complexity index is 566. The minimum absolute atomic E-state index is 0. The standard InChI is InChI=1S/C19H30N4O.HI/c1-5-20-19(22-15-10-6-7-11-15)21-14-17(23(2)3)16-12-8-9-13-18(16)24-4;/h6-9,12-13,15,17H,5,10-11,14H2,1-4H3,(H2,20,21,22);1H. The minimum atomic E-state index is 0. The molecule has 0 saturated heterocycles. The lowest BCUT2D eigenvalue weighted by molar-refractivity contribution is 0.295. The number of halogens is 1. The molecule has 1 atom stereocenters. The Kier molecular flexibility index (Phi) is 9.89. The summed E-state index contributed by atoms with van der Waals surface area (Å²) < 4.78 is 5.52. The van der Waals surface area contributed by atoms with E-state index in [-0.39, 0.29) is 30.0 Å². The summed E-state index contributed by atoms with van der Waals surface area (Å²) in [6.45, 7) is 3.61. The zero-order valence-corrected chi connectivity index (χ0v) is 18.0. The molecule has 0 bridgehead atoms. The summed E-state index contributed by atoms with van der Waals surface area (Å²) in [6.07, 6.45) is 6.57. The number of nitrogens with zero attached hydrogens (tertiary/aromatic N) is 2. The van der Waals surface area contributed by atoms with Gasteiger partial charge in [-0.05, 0) is 39.9 Å². The van der Waals surface area contributed by atoms with E-state index in [9.17, 15) is 0 Å². The van der Waals surface area contributed by atoms with Crippen molar-refractivity contribution in [2.24, 2.45) is 4.99 Å². The third-order valence-corrected chi connectivity index (χ3v) is 4.24. The second-order valence-electron chi connectivity index (χ2n) is 6.23. The summed E-state index contributed by atoms with van der Waals surface area (Å²) in [6, 6.07) is 8.77. The van der Waals surface area contributed by atoms with Crippen molar-refractivity contribution in [3.05, 3.63) is 42.0 Å². The first-order valence-electron chi connectivity index (χ1n) is 8.64. The Morgan fingerprint density at radius 2 is 1.96 bits per heavy atom. The van der Waals surface area contributed by atoms with E-state index < -0.39 is 0 Å². The lowest BCUT2D eigenvalue weighted by Gasteiger charge is -2.25. The topological polar surface area (TPSA) is 48.9 Å². The largest absolute Gasteiger partial charge is 0.496 e. The molecule has 1 aromatic carbocycles. The fraction of sp³-hybridized carbons (Fsp3) is 0.526. The monoisotopic (exact) mass is 458 g/mol. The van der Waals surface area contributed by atoms with Crippen LogP contribution in [0.1, 0.15) is 31.4 Å². The van der Waals surface area contributed by atoms with Crippen molar-refractivity contribution < 1.29 is 4.74 Å². The first-order chi connectivity index (χ1) is 11.7. The molecule has 0 aliphatic heterocycles. The lowest BCUT2D eigenvalue weighted by Crippen LogP contribution is -2.43. The number of rotatable bonds is 7. The highest BCUT2D eigenvalue weighted by molar-refractivity contribution is 14.0. The molecule has 0 saturated carbocycles. The molecule has 1 aromatic rings. The van der Waals surface area contributed by atoms with Crippen LogP contribution < -0.4 is 15.4 Å². The average Bonchev–Trinajstić information content (AvgIpc) is 3.08. The van der Waals surface area contributed by atoms with Gasteiger partial charge in [0.25, 0.3) is 0 Å². The van der Waals surface area contributed by atoms with Crippen LogP contribution in [-0.2, 0) is 0 Å². The maximum absolute atomic E-state index is 5.52. The van der Waals surface area contributed by atoms with E-state index in [0.717, 1.165) is 36.7 Å². The SMILES string of the molecule is CCNC(=NCC(c1ccccc1OC)N(C)C)NC1CC=CC1.I. The molecule has 0 spiro atoms. The Morgan fingerprint density at radius 3 is 2.56 bits per heavy atom. The van der Waals surface area contributed by atoms with Gasteiger partial charge in [0.1, 0.15) is 5.75 Å². The number of para-hydroxylation sites is 1. The van der Waals surface area contributed by atoms with Gasteiger partial charge in [0.15, 0.2) is 5.96 Å². The molecule has 5 nitrogen and oxygen atoms in total. The molecule has 25 heavy (non-hydrogen) atoms. The van der Waals surface area contributed by atoms with E-state index in [2.05, 4.69) is 54.8 Å². The van der Waals surface area contributed by atoms with Crippen molar-refractivity contribution in [3.8, 4) is 5.75 Å². The molecule has 0 amide bonds. The van der Waals surface area contributed by atoms with E-state index in [1.807, 2.05) is 18.2 Å². The smallest absolute Gasteiger partial charge is 0.191 e. The first-order valence-corrected chi connectivity index (χ1v) is 8.64. The minimum Gasteiger partial charge on any atom is -0.496 e. The first kappa shape index (κ1) is 21.8. The van der Waals surface area contributed by atoms with Crippen LogP contribution in [0, 0.1) is 0 Å². The summed E-state index contributed by atoms with van der Waals surface area (Å²) in [4.78, 5) is 7.00. The maximum atomic E-state index is 5.52. The van der Waals surface area contributed by atoms with Crippen LogP contribution in [-0.4, -0.2) is 51.2 Å². The van der Waals surface area contributed by atoms with Gasteiger partial charge in [0.05, 0.1) is 19.7 Å². The molecule has 1 aliphatic carbocycles. The number of likely N-dealkylation sites (N-methyl/N-ethyl adjacent to an activating group) is 1. The number of guanidine groups is 1. The molecule has 2 rings (SSSR count). The fourth-order valence-corrected chi connectivity index (χ4v) is 2.91. The van der Waals surface area contributed by atoms with Gasteiger partial charge in [-0.2, -0.15) is 0 Å². The Labute approximate surface area is 168 Å². The van der Waals surface area contributed by atoms with Crippen LogP contribution in [0.3, 0.4) is 0 Å². The number of methoxy groups -OCH3 is 1. The van der Waals surface area contributed by atoms with Gasteiger partial charge in [-0.25, -0.2) is 0 Å². The van der Waals surface area contributed by atoms with Gasteiger partial charge in [-0.3, -0.25) is 4.99 Å². The average molecular weight is 458 g/mol. The predicted octanol–water partition coefficient (Wildman–Crippen LogP) is 3.19. The van der Waals surface area contributed by atoms with Crippen LogP contribution in [0.25, 0.3) is 0 Å². The second kappa shape index (κ2) is 11.4. The van der Waals surface area contributed by atoms with Gasteiger partial charge >= 0.3 is 0 Å². The molecule has 140 valence electrons. The van der Waals surface area contributed by atoms with Crippen molar-refractivity contribution in [1.29, 1.82) is 0 Å². The summed E-state index contributed by atoms with van der Waals surface area (Å²) in [5.74, 6) is 1.79. The fourth-order valence-electron chi connectivity index (χ4n) is 2.91. The Balaban J connectivity index is 0.00000312. The Morgan fingerprint density at radius 1 is 1.28 bits per heavy atom. The van der Waals surface area contributed by atoms with Crippen molar-refractivity contribution in [3.63, 3.8) is 0 Å². The Hall–Kier alpha value is -1.28. The summed E-state index contributed by atoms with van der Waals surface area (Å²) in [5, 5.41) is 6.86. The summed E-state index contributed by atoms with van der Waals surface area (Å²) in [5.41, 5.74) is 1.16. The van der Waals surface area contributed by atoms with Crippen molar-refractivity contribution in [2.75, 3.05) is 34.3 Å². The van der Waals surface area contributed by atoms with Crippen LogP contribution in [0.4, 0.5) is 0 Å². The normalized spacial score (nSPS) is 15.8. The number of aliphatic imine (C=N–C) groups is 1. The van der Waals surface area contributed by atoms with Gasteiger partial charge in [0.2, 0.25) is 0 Å². The summed E-state index contributed by atoms with van der Waals surface area (Å²) in [7, 11) is 5.87. The number of ether oxygens (including phenoxy) is 1. The highest BCUT2D eigenvalue weighted by Gasteiger charge is 2.18. The highest BCUT2D eigenvalue weighted by Crippen LogP contribution is 2.28. The molecule has 0 aromatic heterocycles. The van der Waals surface area contributed by atoms with Crippen LogP contribution in [0.15, 0.2) is 41.4 Å². The van der Waals surface area contributed by atoms with Crippen molar-refractivity contribution in [2.45, 2.75) is 31.8 Å². The zero-order chi connectivity index (χ0) is 17.4. The van der Waals surface area contributed by atoms with Gasteiger partial charge in [-0.1, -0.05) is 30.4 Å². The van der Waals surface area contributed by atoms with E-state index in [1.54, 1.807) is 7.11 Å². The molecule has 6 heteroatoms. The molecule has 1 unspecified atom stereocenters. The molecular formula is C19H31IN4O. The van der Waals surface area contributed by atoms with Crippen LogP contribution >= 0.6 is 24.0 Å². The van der Waals surface area contributed by atoms with Crippen LogP contribution in [0.2, 0.25) is 0 Å². The molecular weight excluding hydrogens is 427 g/mol. The molecule has 0 radical (unpaired) electrons. The number of nitrogens with one attached hydrogen (secondary N) is 2. The zero-order valence-electron chi connectivity index (χ0n) is 15.7. The van der Waals surface area contributed by atoms with Crippen molar-refractivity contribution in [1.82, 2.24) is 15.5 Å². The number of hydrogen-bond acceptors (Lipinski definition) is 3. The van der Waals surface area contributed by atoms with E-state index in [1.165, 1.54) is 0 Å². The molecule has 2 N–H and O–H groups in total. The second-order valence-corrected chi connectivity index (χ2v) is 6.23.